The molecule has 0 atom stereocenters. The van der Waals surface area contributed by atoms with Crippen LogP contribution < -0.4 is 0 Å². The van der Waals surface area contributed by atoms with Gasteiger partial charge in [0, 0.05) is 0 Å². The summed E-state index contributed by atoms with van der Waals surface area (Å²) in [5.41, 5.74) is -0.982. The number of carboxylic acids is 1. The minimum absolute atomic E-state index is 0.103. The molecule has 0 heterocycles. The third-order valence-electron chi connectivity index (χ3n) is 3.97. The largest absolute Gasteiger partial charge is 0.481 e. The van der Waals surface area contributed by atoms with Crippen molar-refractivity contribution in [3.8, 4) is 0 Å². The number of unbranched alkanes of at least 4 members (excludes halogenated alkanes) is 8. The van der Waals surface area contributed by atoms with Gasteiger partial charge in [-0.1, -0.05) is 78.1 Å². The normalized spacial score (nSPS) is 11.8. The van der Waals surface area contributed by atoms with Crippen LogP contribution in [0, 0.1) is 0 Å². The fourth-order valence-corrected chi connectivity index (χ4v) is 2.70. The Kier molecular flexibility index (Phi) is 11.8. The Morgan fingerprint density at radius 1 is 0.800 bits per heavy atom. The van der Waals surface area contributed by atoms with Gasteiger partial charge in [-0.3, -0.25) is 4.79 Å². The van der Waals surface area contributed by atoms with Crippen molar-refractivity contribution >= 4 is 5.97 Å². The first kappa shape index (κ1) is 19.4. The van der Waals surface area contributed by atoms with Gasteiger partial charge < -0.3 is 10.2 Å². The topological polar surface area (TPSA) is 57.5 Å². The molecule has 0 aliphatic heterocycles. The van der Waals surface area contributed by atoms with Crippen molar-refractivity contribution in [2.45, 2.75) is 103 Å². The maximum Gasteiger partial charge on any atom is 0.306 e. The lowest BCUT2D eigenvalue weighted by Gasteiger charge is -2.26. The second-order valence-corrected chi connectivity index (χ2v) is 6.12. The molecule has 0 amide bonds. The number of hydrogen-bond donors (Lipinski definition) is 2. The van der Waals surface area contributed by atoms with Crippen LogP contribution in [-0.2, 0) is 4.79 Å². The van der Waals surface area contributed by atoms with Crippen LogP contribution in [0.1, 0.15) is 97.3 Å². The molecule has 0 saturated carbocycles. The van der Waals surface area contributed by atoms with Gasteiger partial charge in [0.05, 0.1) is 12.0 Å². The Balaban J connectivity index is 3.98. The predicted molar refractivity (Wildman–Crippen MR) is 84.0 cm³/mol. The van der Waals surface area contributed by atoms with Gasteiger partial charge in [-0.2, -0.15) is 0 Å². The van der Waals surface area contributed by atoms with Gasteiger partial charge in [-0.15, -0.1) is 0 Å². The fourth-order valence-electron chi connectivity index (χ4n) is 2.70. The molecular weight excluding hydrogens is 252 g/mol. The summed E-state index contributed by atoms with van der Waals surface area (Å²) >= 11 is 0. The average molecular weight is 286 g/mol. The minimum Gasteiger partial charge on any atom is -0.481 e. The zero-order valence-corrected chi connectivity index (χ0v) is 13.5. The summed E-state index contributed by atoms with van der Waals surface area (Å²) in [7, 11) is 0. The van der Waals surface area contributed by atoms with E-state index in [-0.39, 0.29) is 6.42 Å². The van der Waals surface area contributed by atoms with Crippen molar-refractivity contribution in [1.29, 1.82) is 0 Å². The highest BCUT2D eigenvalue weighted by molar-refractivity contribution is 5.68. The van der Waals surface area contributed by atoms with E-state index >= 15 is 0 Å². The van der Waals surface area contributed by atoms with Crippen molar-refractivity contribution in [3.05, 3.63) is 0 Å². The molecule has 20 heavy (non-hydrogen) atoms. The lowest BCUT2D eigenvalue weighted by atomic mass is 9.87. The van der Waals surface area contributed by atoms with Crippen molar-refractivity contribution in [2.75, 3.05) is 0 Å². The van der Waals surface area contributed by atoms with Crippen molar-refractivity contribution in [2.24, 2.45) is 0 Å². The summed E-state index contributed by atoms with van der Waals surface area (Å²) in [6.45, 7) is 4.36. The molecule has 120 valence electrons. The van der Waals surface area contributed by atoms with Crippen LogP contribution in [0.25, 0.3) is 0 Å². The lowest BCUT2D eigenvalue weighted by molar-refractivity contribution is -0.143. The highest BCUT2D eigenvalue weighted by Crippen LogP contribution is 2.26. The molecule has 0 rings (SSSR count). The van der Waals surface area contributed by atoms with E-state index < -0.39 is 11.6 Å². The summed E-state index contributed by atoms with van der Waals surface area (Å²) in [6.07, 6.45) is 12.5. The first-order valence-corrected chi connectivity index (χ1v) is 8.48. The minimum atomic E-state index is -0.982. The van der Waals surface area contributed by atoms with Crippen molar-refractivity contribution in [1.82, 2.24) is 0 Å². The zero-order chi connectivity index (χ0) is 15.3. The Morgan fingerprint density at radius 2 is 1.20 bits per heavy atom. The molecule has 0 fully saturated rings. The first-order valence-electron chi connectivity index (χ1n) is 8.48. The van der Waals surface area contributed by atoms with Gasteiger partial charge in [0.1, 0.15) is 0 Å². The van der Waals surface area contributed by atoms with Crippen molar-refractivity contribution in [3.63, 3.8) is 0 Å². The molecule has 0 radical (unpaired) electrons. The molecule has 0 aromatic carbocycles. The zero-order valence-electron chi connectivity index (χ0n) is 13.5. The number of aliphatic carboxylic acids is 1. The van der Waals surface area contributed by atoms with E-state index in [9.17, 15) is 9.90 Å². The van der Waals surface area contributed by atoms with E-state index in [4.69, 9.17) is 5.11 Å². The Hall–Kier alpha value is -0.570. The molecule has 0 aliphatic carbocycles. The maximum absolute atomic E-state index is 10.9. The second-order valence-electron chi connectivity index (χ2n) is 6.12. The maximum atomic E-state index is 10.9. The predicted octanol–water partition coefficient (Wildman–Crippen LogP) is 4.91. The summed E-state index contributed by atoms with van der Waals surface area (Å²) < 4.78 is 0. The van der Waals surface area contributed by atoms with Crippen LogP contribution in [0.2, 0.25) is 0 Å². The highest BCUT2D eigenvalue weighted by atomic mass is 16.4. The van der Waals surface area contributed by atoms with E-state index in [0.717, 1.165) is 25.7 Å². The first-order chi connectivity index (χ1) is 9.54. The molecule has 3 nitrogen and oxygen atoms in total. The molecule has 0 spiro atoms. The monoisotopic (exact) mass is 286 g/mol. The fraction of sp³-hybridized carbons (Fsp3) is 0.941. The van der Waals surface area contributed by atoms with E-state index in [1.165, 1.54) is 38.5 Å². The van der Waals surface area contributed by atoms with Gasteiger partial charge in [0.15, 0.2) is 0 Å². The van der Waals surface area contributed by atoms with E-state index in [2.05, 4.69) is 13.8 Å². The number of rotatable bonds is 14. The smallest absolute Gasteiger partial charge is 0.306 e. The molecule has 0 unspecified atom stereocenters. The van der Waals surface area contributed by atoms with E-state index in [0.29, 0.717) is 12.8 Å². The standard InChI is InChI=1S/C17H34O3/c1-3-5-7-9-11-13-17(20,15-16(18)19)14-12-10-8-6-4-2/h20H,3-15H2,1-2H3,(H,18,19). The summed E-state index contributed by atoms with van der Waals surface area (Å²) in [5, 5.41) is 19.5. The van der Waals surface area contributed by atoms with Crippen LogP contribution in [0.5, 0.6) is 0 Å². The van der Waals surface area contributed by atoms with E-state index in [1.54, 1.807) is 0 Å². The third-order valence-corrected chi connectivity index (χ3v) is 3.97. The van der Waals surface area contributed by atoms with Crippen molar-refractivity contribution < 1.29 is 15.0 Å². The molecule has 0 aromatic heterocycles. The molecule has 0 aromatic rings. The van der Waals surface area contributed by atoms with Crippen LogP contribution in [0.15, 0.2) is 0 Å². The molecule has 2 N–H and O–H groups in total. The van der Waals surface area contributed by atoms with Gasteiger partial charge >= 0.3 is 5.97 Å². The SMILES string of the molecule is CCCCCCCC(O)(CCCCCCC)CC(=O)O. The number of carbonyl (C=O) groups is 1. The molecule has 0 aliphatic rings. The van der Waals surface area contributed by atoms with Gasteiger partial charge in [-0.25, -0.2) is 0 Å². The van der Waals surface area contributed by atoms with Gasteiger partial charge in [0.2, 0.25) is 0 Å². The average Bonchev–Trinajstić information content (AvgIpc) is 2.37. The number of carboxylic acid groups (broad SMARTS) is 1. The Labute approximate surface area is 124 Å². The summed E-state index contributed by atoms with van der Waals surface area (Å²) in [5.74, 6) is -0.880. The summed E-state index contributed by atoms with van der Waals surface area (Å²) in [4.78, 5) is 10.9. The Bertz CT molecular complexity index is 224. The molecule has 0 saturated heterocycles. The highest BCUT2D eigenvalue weighted by Gasteiger charge is 2.28. The van der Waals surface area contributed by atoms with Crippen LogP contribution >= 0.6 is 0 Å². The van der Waals surface area contributed by atoms with Crippen LogP contribution in [0.4, 0.5) is 0 Å². The summed E-state index contributed by atoms with van der Waals surface area (Å²) in [6, 6.07) is 0. The number of hydrogen-bond acceptors (Lipinski definition) is 2. The second kappa shape index (κ2) is 12.2. The Morgan fingerprint density at radius 3 is 1.55 bits per heavy atom. The molecular formula is C17H34O3. The van der Waals surface area contributed by atoms with Crippen LogP contribution in [-0.4, -0.2) is 21.8 Å². The number of aliphatic hydroxyl groups is 1. The van der Waals surface area contributed by atoms with Crippen LogP contribution in [0.3, 0.4) is 0 Å². The molecule has 0 bridgehead atoms. The van der Waals surface area contributed by atoms with Gasteiger partial charge in [0.25, 0.3) is 0 Å². The van der Waals surface area contributed by atoms with Gasteiger partial charge in [-0.05, 0) is 12.8 Å². The third kappa shape index (κ3) is 11.3. The quantitative estimate of drug-likeness (QED) is 0.446. The lowest BCUT2D eigenvalue weighted by Crippen LogP contribution is -2.31. The van der Waals surface area contributed by atoms with E-state index in [1.807, 2.05) is 0 Å². The molecule has 3 heteroatoms.